The van der Waals surface area contributed by atoms with Crippen molar-refractivity contribution in [3.8, 4) is 6.07 Å². The normalized spacial score (nSPS) is 26.3. The number of amides is 1. The van der Waals surface area contributed by atoms with Crippen LogP contribution in [0.5, 0.6) is 0 Å². The van der Waals surface area contributed by atoms with Crippen molar-refractivity contribution >= 4 is 18.1 Å². The van der Waals surface area contributed by atoms with E-state index in [1.165, 1.54) is 0 Å². The van der Waals surface area contributed by atoms with Crippen molar-refractivity contribution < 1.29 is 4.79 Å². The summed E-state index contributed by atoms with van der Waals surface area (Å²) in [4.78, 5) is 20.5. The van der Waals surface area contributed by atoms with Gasteiger partial charge >= 0.3 is 0 Å². The molecule has 0 N–H and O–H groups in total. The van der Waals surface area contributed by atoms with Gasteiger partial charge in [-0.3, -0.25) is 9.80 Å². The number of hydrogen-bond donors (Lipinski definition) is 0. The molecular weight excluding hydrogens is 292 g/mol. The highest BCUT2D eigenvalue weighted by molar-refractivity contribution is 6.03. The minimum absolute atomic E-state index is 0.0443. The Morgan fingerprint density at radius 1 is 1.52 bits per heavy atom. The van der Waals surface area contributed by atoms with Gasteiger partial charge in [-0.25, -0.2) is 4.99 Å². The Bertz CT molecular complexity index is 617. The zero-order valence-corrected chi connectivity index (χ0v) is 13.6. The molecule has 0 aromatic rings. The largest absolute Gasteiger partial charge is 0.353 e. The summed E-state index contributed by atoms with van der Waals surface area (Å²) in [5.41, 5.74) is 1.06. The first-order valence-corrected chi connectivity index (χ1v) is 8.07. The fourth-order valence-electron chi connectivity index (χ4n) is 3.47. The van der Waals surface area contributed by atoms with Gasteiger partial charge in [0.25, 0.3) is 0 Å². The molecule has 0 radical (unpaired) electrons. The number of carbonyl (C=O) groups excluding carboxylic acids is 1. The first-order chi connectivity index (χ1) is 11.1. The van der Waals surface area contributed by atoms with Crippen molar-refractivity contribution in [1.29, 1.82) is 5.26 Å². The van der Waals surface area contributed by atoms with Gasteiger partial charge in [0, 0.05) is 26.7 Å². The van der Waals surface area contributed by atoms with E-state index in [9.17, 15) is 4.79 Å². The molecule has 1 saturated heterocycles. The quantitative estimate of drug-likeness (QED) is 0.762. The lowest BCUT2D eigenvalue weighted by Gasteiger charge is -2.43. The van der Waals surface area contributed by atoms with E-state index in [1.807, 2.05) is 23.0 Å². The lowest BCUT2D eigenvalue weighted by atomic mass is 9.92. The molecule has 0 aromatic carbocycles. The van der Waals surface area contributed by atoms with Gasteiger partial charge in [0.05, 0.1) is 17.8 Å². The van der Waals surface area contributed by atoms with Crippen LogP contribution in [0.4, 0.5) is 0 Å². The molecule has 3 aliphatic rings. The monoisotopic (exact) mass is 314 g/mol. The fourth-order valence-corrected chi connectivity index (χ4v) is 3.47. The Morgan fingerprint density at radius 3 is 3.13 bits per heavy atom. The maximum atomic E-state index is 12.0. The second-order valence-corrected chi connectivity index (χ2v) is 6.30. The molecule has 7 nitrogen and oxygen atoms in total. The van der Waals surface area contributed by atoms with Crippen molar-refractivity contribution in [3.05, 3.63) is 11.8 Å². The molecule has 3 heterocycles. The van der Waals surface area contributed by atoms with E-state index in [2.05, 4.69) is 28.0 Å². The molecule has 0 unspecified atom stereocenters. The summed E-state index contributed by atoms with van der Waals surface area (Å²) in [5.74, 6) is 1.30. The van der Waals surface area contributed by atoms with Gasteiger partial charge in [-0.05, 0) is 18.8 Å². The number of nitrogens with zero attached hydrogens (tertiary/aromatic N) is 6. The highest BCUT2D eigenvalue weighted by Gasteiger charge is 2.35. The van der Waals surface area contributed by atoms with Gasteiger partial charge in [0.2, 0.25) is 5.91 Å². The number of nitriles is 1. The minimum atomic E-state index is -0.0772. The number of hydrazone groups is 1. The topological polar surface area (TPSA) is 75.3 Å². The van der Waals surface area contributed by atoms with Gasteiger partial charge in [-0.1, -0.05) is 13.0 Å². The van der Waals surface area contributed by atoms with Crippen LogP contribution in [0.15, 0.2) is 21.9 Å². The summed E-state index contributed by atoms with van der Waals surface area (Å²) in [6.07, 6.45) is 5.64. The van der Waals surface area contributed by atoms with Crippen LogP contribution in [0.25, 0.3) is 0 Å². The zero-order valence-electron chi connectivity index (χ0n) is 13.6. The molecule has 3 rings (SSSR count). The van der Waals surface area contributed by atoms with Gasteiger partial charge < -0.3 is 9.80 Å². The molecule has 2 atom stereocenters. The molecule has 0 spiro atoms. The second-order valence-electron chi connectivity index (χ2n) is 6.30. The standard InChI is InChI=1S/C16H22N6O/c1-12-6-9-21(15(23)5-7-17)10-14(12)20(2)16-13-4-3-8-22(13)19-11-18-16/h4,11-12,14H,3,5-6,8-10H2,1-2H3/t12-,14+/m1/s1. The molecule has 23 heavy (non-hydrogen) atoms. The lowest BCUT2D eigenvalue weighted by Crippen LogP contribution is -2.54. The SMILES string of the molecule is C[C@@H]1CCN(C(=O)CC#N)C[C@@H]1N(C)C1=NC=NN2CCC=C12. The van der Waals surface area contributed by atoms with Crippen molar-refractivity contribution in [3.63, 3.8) is 0 Å². The second kappa shape index (κ2) is 6.41. The predicted octanol–water partition coefficient (Wildman–Crippen LogP) is 1.01. The summed E-state index contributed by atoms with van der Waals surface area (Å²) in [5, 5.41) is 15.0. The maximum absolute atomic E-state index is 12.0. The Kier molecular flexibility index (Phi) is 4.33. The summed E-state index contributed by atoms with van der Waals surface area (Å²) in [7, 11) is 2.04. The highest BCUT2D eigenvalue weighted by atomic mass is 16.2. The predicted molar refractivity (Wildman–Crippen MR) is 87.5 cm³/mol. The Labute approximate surface area is 136 Å². The maximum Gasteiger partial charge on any atom is 0.236 e. The molecule has 3 aliphatic heterocycles. The van der Waals surface area contributed by atoms with Crippen LogP contribution in [0.3, 0.4) is 0 Å². The molecule has 0 aromatic heterocycles. The summed E-state index contributed by atoms with van der Waals surface area (Å²) >= 11 is 0. The van der Waals surface area contributed by atoms with Gasteiger partial charge in [0.15, 0.2) is 5.84 Å². The van der Waals surface area contributed by atoms with Crippen LogP contribution in [0, 0.1) is 17.2 Å². The van der Waals surface area contributed by atoms with Crippen molar-refractivity contribution in [2.24, 2.45) is 16.0 Å². The van der Waals surface area contributed by atoms with E-state index >= 15 is 0 Å². The van der Waals surface area contributed by atoms with Crippen LogP contribution in [-0.4, -0.2) is 65.6 Å². The molecule has 0 bridgehead atoms. The van der Waals surface area contributed by atoms with E-state index in [4.69, 9.17) is 5.26 Å². The number of rotatable bonds is 2. The highest BCUT2D eigenvalue weighted by Crippen LogP contribution is 2.26. The van der Waals surface area contributed by atoms with Crippen LogP contribution >= 0.6 is 0 Å². The van der Waals surface area contributed by atoms with E-state index in [1.54, 1.807) is 6.34 Å². The fraction of sp³-hybridized carbons (Fsp3) is 0.625. The van der Waals surface area contributed by atoms with Crippen LogP contribution < -0.4 is 0 Å². The Hall–Kier alpha value is -2.36. The number of carbonyl (C=O) groups is 1. The van der Waals surface area contributed by atoms with Gasteiger partial charge in [-0.15, -0.1) is 0 Å². The number of likely N-dealkylation sites (N-methyl/N-ethyl adjacent to an activating group) is 1. The molecule has 1 amide bonds. The molecule has 0 aliphatic carbocycles. The smallest absolute Gasteiger partial charge is 0.236 e. The van der Waals surface area contributed by atoms with Gasteiger partial charge in [-0.2, -0.15) is 10.4 Å². The molecule has 0 saturated carbocycles. The third kappa shape index (κ3) is 2.93. The van der Waals surface area contributed by atoms with Crippen LogP contribution in [0.2, 0.25) is 0 Å². The number of piperidine rings is 1. The third-order valence-corrected chi connectivity index (χ3v) is 4.89. The van der Waals surface area contributed by atoms with Crippen LogP contribution in [-0.2, 0) is 4.79 Å². The first-order valence-electron chi connectivity index (χ1n) is 8.07. The molecule has 122 valence electrons. The molecule has 7 heteroatoms. The van der Waals surface area contributed by atoms with Crippen molar-refractivity contribution in [2.75, 3.05) is 26.7 Å². The zero-order chi connectivity index (χ0) is 16.4. The summed E-state index contributed by atoms with van der Waals surface area (Å²) in [6, 6.07) is 2.15. The van der Waals surface area contributed by atoms with E-state index in [-0.39, 0.29) is 18.4 Å². The number of likely N-dealkylation sites (tertiary alicyclic amines) is 1. The number of aliphatic imine (C=N–C) groups is 1. The molecule has 1 fully saturated rings. The average Bonchev–Trinajstić information content (AvgIpc) is 3.03. The lowest BCUT2D eigenvalue weighted by molar-refractivity contribution is -0.132. The summed E-state index contributed by atoms with van der Waals surface area (Å²) < 4.78 is 0. The van der Waals surface area contributed by atoms with E-state index in [0.717, 1.165) is 37.5 Å². The van der Waals surface area contributed by atoms with E-state index < -0.39 is 0 Å². The molecular formula is C16H22N6O. The van der Waals surface area contributed by atoms with Crippen molar-refractivity contribution in [2.45, 2.75) is 32.2 Å². The Morgan fingerprint density at radius 2 is 2.35 bits per heavy atom. The van der Waals surface area contributed by atoms with Crippen LogP contribution in [0.1, 0.15) is 26.2 Å². The number of amidine groups is 1. The number of fused-ring (bicyclic) bond motifs is 1. The first kappa shape index (κ1) is 15.5. The Balaban J connectivity index is 1.76. The minimum Gasteiger partial charge on any atom is -0.353 e. The average molecular weight is 314 g/mol. The number of hydrogen-bond acceptors (Lipinski definition) is 6. The van der Waals surface area contributed by atoms with E-state index in [0.29, 0.717) is 12.5 Å². The van der Waals surface area contributed by atoms with Gasteiger partial charge in [0.1, 0.15) is 12.8 Å². The third-order valence-electron chi connectivity index (χ3n) is 4.89. The van der Waals surface area contributed by atoms with Crippen molar-refractivity contribution in [1.82, 2.24) is 14.8 Å². The summed E-state index contributed by atoms with van der Waals surface area (Å²) in [6.45, 7) is 4.48.